The normalized spacial score (nSPS) is 10.3. The smallest absolute Gasteiger partial charge is 0.327 e. The van der Waals surface area contributed by atoms with E-state index in [9.17, 15) is 9.59 Å². The fourth-order valence-electron chi connectivity index (χ4n) is 1.40. The van der Waals surface area contributed by atoms with Crippen LogP contribution in [0.4, 0.5) is 5.69 Å². The number of hydrogen-bond donors (Lipinski definition) is 1. The fourth-order valence-corrected chi connectivity index (χ4v) is 2.17. The minimum absolute atomic E-state index is 0.0286. The number of carbonyl (C=O) groups excluding carboxylic acids is 1. The summed E-state index contributed by atoms with van der Waals surface area (Å²) in [5.41, 5.74) is 2.39. The number of rotatable bonds is 5. The Morgan fingerprint density at radius 1 is 1.60 bits per heavy atom. The molecule has 2 heterocycles. The number of thiazole rings is 1. The van der Waals surface area contributed by atoms with Gasteiger partial charge in [0.15, 0.2) is 0 Å². The predicted octanol–water partition coefficient (Wildman–Crippen LogP) is 1.14. The first-order valence-corrected chi connectivity index (χ1v) is 6.87. The van der Waals surface area contributed by atoms with Crippen LogP contribution in [0, 0.1) is 0 Å². The van der Waals surface area contributed by atoms with E-state index in [1.54, 1.807) is 5.51 Å². The molecule has 0 radical (unpaired) electrons. The van der Waals surface area contributed by atoms with E-state index < -0.39 is 11.5 Å². The largest absolute Gasteiger partial charge is 0.468 e. The Kier molecular flexibility index (Phi) is 4.70. The summed E-state index contributed by atoms with van der Waals surface area (Å²) in [6.07, 6.45) is 1.39. The third kappa shape index (κ3) is 3.34. The third-order valence-electron chi connectivity index (χ3n) is 2.43. The Balaban J connectivity index is 2.14. The van der Waals surface area contributed by atoms with Gasteiger partial charge in [-0.15, -0.1) is 11.3 Å². The molecule has 0 aromatic carbocycles. The Labute approximate surface area is 123 Å². The molecule has 0 unspecified atom stereocenters. The number of nitrogens with zero attached hydrogens (tertiary/aromatic N) is 3. The van der Waals surface area contributed by atoms with Crippen LogP contribution in [-0.4, -0.2) is 27.8 Å². The number of nitrogens with one attached hydrogen (secondary N) is 1. The molecule has 0 bridgehead atoms. The van der Waals surface area contributed by atoms with Crippen molar-refractivity contribution in [1.29, 1.82) is 0 Å². The van der Waals surface area contributed by atoms with E-state index in [1.165, 1.54) is 24.6 Å². The van der Waals surface area contributed by atoms with Crippen LogP contribution >= 0.6 is 22.9 Å². The molecular weight excluding hydrogens is 304 g/mol. The van der Waals surface area contributed by atoms with Crippen LogP contribution in [0.1, 0.15) is 5.69 Å². The lowest BCUT2D eigenvalue weighted by Crippen LogP contribution is -2.28. The van der Waals surface area contributed by atoms with Crippen molar-refractivity contribution in [3.8, 4) is 0 Å². The van der Waals surface area contributed by atoms with Crippen LogP contribution in [0.5, 0.6) is 0 Å². The van der Waals surface area contributed by atoms with Crippen LogP contribution in [-0.2, 0) is 22.6 Å². The molecule has 20 heavy (non-hydrogen) atoms. The highest BCUT2D eigenvalue weighted by Gasteiger charge is 2.12. The first-order valence-electron chi connectivity index (χ1n) is 5.55. The summed E-state index contributed by atoms with van der Waals surface area (Å²) in [7, 11) is 1.23. The summed E-state index contributed by atoms with van der Waals surface area (Å²) < 4.78 is 5.42. The summed E-state index contributed by atoms with van der Waals surface area (Å²) >= 11 is 7.44. The molecule has 7 nitrogen and oxygen atoms in total. The number of carbonyl (C=O) groups is 1. The number of anilines is 1. The fraction of sp³-hybridized carbons (Fsp3) is 0.273. The van der Waals surface area contributed by atoms with Gasteiger partial charge in [0.2, 0.25) is 0 Å². The van der Waals surface area contributed by atoms with Gasteiger partial charge in [0, 0.05) is 5.38 Å². The highest BCUT2D eigenvalue weighted by molar-refractivity contribution is 7.07. The molecule has 0 spiro atoms. The van der Waals surface area contributed by atoms with Gasteiger partial charge < -0.3 is 10.1 Å². The van der Waals surface area contributed by atoms with Crippen LogP contribution in [0.3, 0.4) is 0 Å². The second-order valence-corrected chi connectivity index (χ2v) is 4.84. The van der Waals surface area contributed by atoms with E-state index in [0.717, 1.165) is 10.4 Å². The first-order chi connectivity index (χ1) is 9.61. The van der Waals surface area contributed by atoms with Crippen LogP contribution in [0.15, 0.2) is 21.9 Å². The van der Waals surface area contributed by atoms with E-state index in [-0.39, 0.29) is 11.6 Å². The number of hydrogen-bond acceptors (Lipinski definition) is 7. The van der Waals surface area contributed by atoms with Crippen LogP contribution in [0.2, 0.25) is 5.02 Å². The van der Waals surface area contributed by atoms with Crippen molar-refractivity contribution in [3.63, 3.8) is 0 Å². The maximum Gasteiger partial charge on any atom is 0.327 e. The topological polar surface area (TPSA) is 86.1 Å². The monoisotopic (exact) mass is 314 g/mol. The Morgan fingerprint density at radius 3 is 3.05 bits per heavy atom. The number of methoxy groups -OCH3 is 1. The zero-order valence-electron chi connectivity index (χ0n) is 10.5. The Bertz CT molecular complexity index is 656. The van der Waals surface area contributed by atoms with Crippen LogP contribution < -0.4 is 10.9 Å². The highest BCUT2D eigenvalue weighted by Crippen LogP contribution is 2.16. The van der Waals surface area contributed by atoms with E-state index in [4.69, 9.17) is 11.6 Å². The van der Waals surface area contributed by atoms with Gasteiger partial charge in [-0.2, -0.15) is 5.10 Å². The van der Waals surface area contributed by atoms with Crippen molar-refractivity contribution >= 4 is 34.6 Å². The second kappa shape index (κ2) is 6.49. The molecule has 0 atom stereocenters. The van der Waals surface area contributed by atoms with Gasteiger partial charge in [0.1, 0.15) is 11.6 Å². The molecular formula is C11H11ClN4O3S. The van der Waals surface area contributed by atoms with Crippen molar-refractivity contribution in [1.82, 2.24) is 14.8 Å². The standard InChI is InChI=1S/C11H11ClN4O3S/c1-19-9(17)4-16-11(18)10(12)8(3-15-16)13-2-7-5-20-6-14-7/h3,5-6,13H,2,4H2,1H3. The molecule has 106 valence electrons. The molecule has 0 saturated heterocycles. The van der Waals surface area contributed by atoms with Gasteiger partial charge in [0.05, 0.1) is 36.7 Å². The lowest BCUT2D eigenvalue weighted by molar-refractivity contribution is -0.141. The van der Waals surface area contributed by atoms with Gasteiger partial charge >= 0.3 is 5.97 Å². The van der Waals surface area contributed by atoms with Gasteiger partial charge in [-0.05, 0) is 0 Å². The molecule has 2 aromatic heterocycles. The summed E-state index contributed by atoms with van der Waals surface area (Å²) in [4.78, 5) is 27.1. The van der Waals surface area contributed by atoms with E-state index in [2.05, 4.69) is 20.1 Å². The maximum absolute atomic E-state index is 11.9. The molecule has 0 aliphatic carbocycles. The van der Waals surface area contributed by atoms with Crippen molar-refractivity contribution in [3.05, 3.63) is 38.2 Å². The second-order valence-electron chi connectivity index (χ2n) is 3.74. The maximum atomic E-state index is 11.9. The molecule has 2 rings (SSSR count). The number of ether oxygens (including phenoxy) is 1. The average molecular weight is 315 g/mol. The molecule has 0 aliphatic rings. The molecule has 0 fully saturated rings. The number of aromatic nitrogens is 3. The molecule has 0 aliphatic heterocycles. The average Bonchev–Trinajstić information content (AvgIpc) is 2.96. The molecule has 2 aromatic rings. The van der Waals surface area contributed by atoms with Gasteiger partial charge in [0.25, 0.3) is 5.56 Å². The lowest BCUT2D eigenvalue weighted by atomic mass is 10.4. The van der Waals surface area contributed by atoms with Crippen LogP contribution in [0.25, 0.3) is 0 Å². The lowest BCUT2D eigenvalue weighted by Gasteiger charge is -2.08. The van der Waals surface area contributed by atoms with E-state index in [0.29, 0.717) is 12.2 Å². The number of halogens is 1. The van der Waals surface area contributed by atoms with Crippen molar-refractivity contribution < 1.29 is 9.53 Å². The van der Waals surface area contributed by atoms with Gasteiger partial charge in [-0.3, -0.25) is 9.59 Å². The summed E-state index contributed by atoms with van der Waals surface area (Å²) in [6.45, 7) is 0.159. The molecule has 1 N–H and O–H groups in total. The van der Waals surface area contributed by atoms with Crippen molar-refractivity contribution in [2.45, 2.75) is 13.1 Å². The quantitative estimate of drug-likeness (QED) is 0.833. The SMILES string of the molecule is COC(=O)Cn1ncc(NCc2cscn2)c(Cl)c1=O. The van der Waals surface area contributed by atoms with E-state index >= 15 is 0 Å². The molecule has 0 amide bonds. The minimum Gasteiger partial charge on any atom is -0.468 e. The first kappa shape index (κ1) is 14.5. The zero-order chi connectivity index (χ0) is 14.5. The predicted molar refractivity (Wildman–Crippen MR) is 75.0 cm³/mol. The van der Waals surface area contributed by atoms with E-state index in [1.807, 2.05) is 5.38 Å². The number of esters is 1. The summed E-state index contributed by atoms with van der Waals surface area (Å²) in [5, 5.41) is 8.69. The van der Waals surface area contributed by atoms with Crippen molar-refractivity contribution in [2.75, 3.05) is 12.4 Å². The van der Waals surface area contributed by atoms with Gasteiger partial charge in [-0.1, -0.05) is 11.6 Å². The van der Waals surface area contributed by atoms with Crippen molar-refractivity contribution in [2.24, 2.45) is 0 Å². The summed E-state index contributed by atoms with van der Waals surface area (Å²) in [5.74, 6) is -0.571. The highest BCUT2D eigenvalue weighted by atomic mass is 35.5. The molecule has 0 saturated carbocycles. The summed E-state index contributed by atoms with van der Waals surface area (Å²) in [6, 6.07) is 0. The third-order valence-corrected chi connectivity index (χ3v) is 3.44. The Morgan fingerprint density at radius 2 is 2.40 bits per heavy atom. The Hall–Kier alpha value is -1.93. The van der Waals surface area contributed by atoms with Gasteiger partial charge in [-0.25, -0.2) is 9.67 Å². The zero-order valence-corrected chi connectivity index (χ0v) is 12.1. The minimum atomic E-state index is -0.571. The molecule has 9 heteroatoms.